The summed E-state index contributed by atoms with van der Waals surface area (Å²) in [7, 11) is 0. The lowest BCUT2D eigenvalue weighted by atomic mass is 10.6. The minimum atomic E-state index is -0.534. The molecule has 0 aliphatic carbocycles. The Morgan fingerprint density at radius 1 is 1.50 bits per heavy atom. The molecule has 0 N–H and O–H groups in total. The van der Waals surface area contributed by atoms with Crippen LogP contribution in [0.2, 0.25) is 0 Å². The zero-order valence-corrected chi connectivity index (χ0v) is 5.78. The molecule has 7 heteroatoms. The zero-order chi connectivity index (χ0) is 8.55. The third-order valence-electron chi connectivity index (χ3n) is 1.33. The predicted octanol–water partition coefficient (Wildman–Crippen LogP) is 0.0325. The summed E-state index contributed by atoms with van der Waals surface area (Å²) in [5, 5.41) is 14.0. The Kier molecular flexibility index (Phi) is 1.23. The van der Waals surface area contributed by atoms with Gasteiger partial charge in [0.2, 0.25) is 0 Å². The zero-order valence-electron chi connectivity index (χ0n) is 5.78. The van der Waals surface area contributed by atoms with Crippen LogP contribution in [0.25, 0.3) is 5.78 Å². The summed E-state index contributed by atoms with van der Waals surface area (Å²) in [6, 6.07) is 0. The highest BCUT2D eigenvalue weighted by atomic mass is 16.6. The molecule has 2 aromatic rings. The quantitative estimate of drug-likeness (QED) is 0.439. The molecule has 0 fully saturated rings. The van der Waals surface area contributed by atoms with E-state index in [1.54, 1.807) is 0 Å². The first-order valence-corrected chi connectivity index (χ1v) is 3.07. The van der Waals surface area contributed by atoms with E-state index in [-0.39, 0.29) is 5.69 Å². The second kappa shape index (κ2) is 2.22. The first-order valence-electron chi connectivity index (χ1n) is 3.07. The first-order chi connectivity index (χ1) is 5.77. The Hall–Kier alpha value is -2.05. The van der Waals surface area contributed by atoms with E-state index in [1.165, 1.54) is 17.0 Å². The number of fused-ring (bicyclic) bond motifs is 1. The van der Waals surface area contributed by atoms with Crippen LogP contribution in [0.3, 0.4) is 0 Å². The highest BCUT2D eigenvalue weighted by Gasteiger charge is 2.07. The molecule has 0 unspecified atom stereocenters. The Balaban J connectivity index is 2.68. The van der Waals surface area contributed by atoms with Crippen molar-refractivity contribution in [3.63, 3.8) is 0 Å². The van der Waals surface area contributed by atoms with Crippen molar-refractivity contribution in [3.8, 4) is 0 Å². The van der Waals surface area contributed by atoms with Crippen LogP contribution < -0.4 is 0 Å². The number of nitrogens with zero attached hydrogens (tertiary/aromatic N) is 5. The van der Waals surface area contributed by atoms with E-state index in [0.717, 1.165) is 6.20 Å². The molecule has 0 saturated heterocycles. The molecule has 0 saturated carbocycles. The van der Waals surface area contributed by atoms with Crippen molar-refractivity contribution in [2.75, 3.05) is 0 Å². The standard InChI is InChI=1S/C5H3N5O2/c11-10(12)4-1-6-5-7-3-8-9(5)2-4/h1-3H. The van der Waals surface area contributed by atoms with Crippen LogP contribution in [0.4, 0.5) is 5.69 Å². The van der Waals surface area contributed by atoms with Crippen LogP contribution in [-0.2, 0) is 0 Å². The van der Waals surface area contributed by atoms with Gasteiger partial charge in [0.1, 0.15) is 18.7 Å². The van der Waals surface area contributed by atoms with Crippen molar-refractivity contribution in [2.45, 2.75) is 0 Å². The highest BCUT2D eigenvalue weighted by Crippen LogP contribution is 2.07. The fraction of sp³-hybridized carbons (Fsp3) is 0. The van der Waals surface area contributed by atoms with Gasteiger partial charge in [-0.25, -0.2) is 4.98 Å². The van der Waals surface area contributed by atoms with Gasteiger partial charge < -0.3 is 0 Å². The number of rotatable bonds is 1. The van der Waals surface area contributed by atoms with Crippen LogP contribution in [-0.4, -0.2) is 24.5 Å². The molecular weight excluding hydrogens is 162 g/mol. The summed E-state index contributed by atoms with van der Waals surface area (Å²) in [6.45, 7) is 0. The lowest BCUT2D eigenvalue weighted by molar-refractivity contribution is -0.385. The van der Waals surface area contributed by atoms with E-state index in [1.807, 2.05) is 0 Å². The maximum atomic E-state index is 10.3. The van der Waals surface area contributed by atoms with Gasteiger partial charge in [0.15, 0.2) is 0 Å². The van der Waals surface area contributed by atoms with Gasteiger partial charge in [-0.05, 0) is 0 Å². The monoisotopic (exact) mass is 165 g/mol. The van der Waals surface area contributed by atoms with Gasteiger partial charge in [-0.2, -0.15) is 14.6 Å². The maximum Gasteiger partial charge on any atom is 0.305 e. The molecule has 0 bridgehead atoms. The fourth-order valence-electron chi connectivity index (χ4n) is 0.804. The number of hydrogen-bond donors (Lipinski definition) is 0. The number of aromatic nitrogens is 4. The molecule has 0 radical (unpaired) electrons. The smallest absolute Gasteiger partial charge is 0.258 e. The molecule has 12 heavy (non-hydrogen) atoms. The maximum absolute atomic E-state index is 10.3. The molecule has 2 heterocycles. The van der Waals surface area contributed by atoms with Crippen molar-refractivity contribution in [1.29, 1.82) is 0 Å². The van der Waals surface area contributed by atoms with Crippen LogP contribution in [0, 0.1) is 10.1 Å². The van der Waals surface area contributed by atoms with Gasteiger partial charge in [-0.3, -0.25) is 10.1 Å². The van der Waals surface area contributed by atoms with Gasteiger partial charge in [0.05, 0.1) is 4.92 Å². The predicted molar refractivity (Wildman–Crippen MR) is 37.4 cm³/mol. The molecule has 0 aliphatic heterocycles. The molecule has 2 aromatic heterocycles. The second-order valence-electron chi connectivity index (χ2n) is 2.07. The summed E-state index contributed by atoms with van der Waals surface area (Å²) < 4.78 is 1.25. The molecule has 7 nitrogen and oxygen atoms in total. The van der Waals surface area contributed by atoms with E-state index >= 15 is 0 Å². The SMILES string of the molecule is O=[N+]([O-])c1cnc2ncnn2c1. The third kappa shape index (κ3) is 0.875. The summed E-state index contributed by atoms with van der Waals surface area (Å²) in [5.74, 6) is 0.348. The summed E-state index contributed by atoms with van der Waals surface area (Å²) in [4.78, 5) is 17.2. The molecule has 0 amide bonds. The Morgan fingerprint density at radius 2 is 2.33 bits per heavy atom. The molecule has 0 atom stereocenters. The van der Waals surface area contributed by atoms with Crippen molar-refractivity contribution >= 4 is 11.5 Å². The summed E-state index contributed by atoms with van der Waals surface area (Å²) >= 11 is 0. The molecule has 0 spiro atoms. The topological polar surface area (TPSA) is 86.2 Å². The van der Waals surface area contributed by atoms with Crippen molar-refractivity contribution in [3.05, 3.63) is 28.8 Å². The summed E-state index contributed by atoms with van der Waals surface area (Å²) in [6.07, 6.45) is 3.69. The average Bonchev–Trinajstić information content (AvgIpc) is 2.49. The third-order valence-corrected chi connectivity index (χ3v) is 1.33. The van der Waals surface area contributed by atoms with E-state index in [9.17, 15) is 10.1 Å². The van der Waals surface area contributed by atoms with E-state index in [4.69, 9.17) is 0 Å². The lowest BCUT2D eigenvalue weighted by Crippen LogP contribution is -1.95. The van der Waals surface area contributed by atoms with Gasteiger partial charge in [-0.15, -0.1) is 0 Å². The number of nitro groups is 1. The van der Waals surface area contributed by atoms with Crippen molar-refractivity contribution in [2.24, 2.45) is 0 Å². The Labute approximate surface area is 65.8 Å². The Morgan fingerprint density at radius 3 is 3.08 bits per heavy atom. The molecular formula is C5H3N5O2. The van der Waals surface area contributed by atoms with Crippen LogP contribution in [0.1, 0.15) is 0 Å². The minimum absolute atomic E-state index is 0.104. The van der Waals surface area contributed by atoms with Crippen LogP contribution >= 0.6 is 0 Å². The molecule has 2 rings (SSSR count). The molecule has 0 aromatic carbocycles. The van der Waals surface area contributed by atoms with Crippen molar-refractivity contribution < 1.29 is 4.92 Å². The van der Waals surface area contributed by atoms with Gasteiger partial charge in [0, 0.05) is 0 Å². The largest absolute Gasteiger partial charge is 0.305 e. The number of hydrogen-bond acceptors (Lipinski definition) is 5. The first kappa shape index (κ1) is 6.65. The van der Waals surface area contributed by atoms with E-state index in [2.05, 4.69) is 15.1 Å². The van der Waals surface area contributed by atoms with Crippen LogP contribution in [0.15, 0.2) is 18.7 Å². The van der Waals surface area contributed by atoms with E-state index in [0.29, 0.717) is 5.78 Å². The van der Waals surface area contributed by atoms with Crippen molar-refractivity contribution in [1.82, 2.24) is 19.6 Å². The van der Waals surface area contributed by atoms with Crippen LogP contribution in [0.5, 0.6) is 0 Å². The summed E-state index contributed by atoms with van der Waals surface area (Å²) in [5.41, 5.74) is -0.104. The lowest BCUT2D eigenvalue weighted by Gasteiger charge is -1.90. The molecule has 60 valence electrons. The van der Waals surface area contributed by atoms with Gasteiger partial charge in [-0.1, -0.05) is 0 Å². The normalized spacial score (nSPS) is 10.3. The van der Waals surface area contributed by atoms with E-state index < -0.39 is 4.92 Å². The highest BCUT2D eigenvalue weighted by molar-refractivity contribution is 5.31. The van der Waals surface area contributed by atoms with Gasteiger partial charge >= 0.3 is 5.69 Å². The Bertz CT molecular complexity index is 436. The average molecular weight is 165 g/mol. The second-order valence-corrected chi connectivity index (χ2v) is 2.07. The molecule has 0 aliphatic rings. The fourth-order valence-corrected chi connectivity index (χ4v) is 0.804. The minimum Gasteiger partial charge on any atom is -0.258 e. The van der Waals surface area contributed by atoms with Gasteiger partial charge in [0.25, 0.3) is 5.78 Å².